The first-order valence-electron chi connectivity index (χ1n) is 6.91. The van der Waals surface area contributed by atoms with E-state index in [1.807, 2.05) is 0 Å². The van der Waals surface area contributed by atoms with Gasteiger partial charge in [0.05, 0.1) is 6.61 Å². The minimum absolute atomic E-state index is 0.172. The molecule has 1 atom stereocenters. The van der Waals surface area contributed by atoms with Crippen LogP contribution in [0.3, 0.4) is 0 Å². The van der Waals surface area contributed by atoms with E-state index in [2.05, 4.69) is 72.0 Å². The van der Waals surface area contributed by atoms with Gasteiger partial charge in [-0.15, -0.1) is 0 Å². The maximum absolute atomic E-state index is 9.17. The highest BCUT2D eigenvalue weighted by Crippen LogP contribution is 2.29. The van der Waals surface area contributed by atoms with Crippen molar-refractivity contribution in [2.75, 3.05) is 24.6 Å². The minimum atomic E-state index is 0.172. The van der Waals surface area contributed by atoms with E-state index in [0.29, 0.717) is 18.6 Å². The number of rotatable bonds is 7. The Labute approximate surface area is 125 Å². The second-order valence-corrected chi connectivity index (χ2v) is 5.85. The molecule has 1 aromatic carbocycles. The Morgan fingerprint density at radius 2 is 2.00 bits per heavy atom. The molecule has 2 N–H and O–H groups in total. The summed E-state index contributed by atoms with van der Waals surface area (Å²) in [4.78, 5) is 2.20. The lowest BCUT2D eigenvalue weighted by Crippen LogP contribution is -2.33. The van der Waals surface area contributed by atoms with Crippen molar-refractivity contribution in [3.63, 3.8) is 0 Å². The van der Waals surface area contributed by atoms with Crippen LogP contribution in [-0.4, -0.2) is 30.8 Å². The molecule has 0 radical (unpaired) electrons. The van der Waals surface area contributed by atoms with Crippen molar-refractivity contribution < 1.29 is 5.11 Å². The molecule has 0 aliphatic heterocycles. The lowest BCUT2D eigenvalue weighted by atomic mass is 10.1. The standard InChI is InChI=1S/C15H25BrN2O/c1-5-17-12(4)14-7-6-13(10-15(14)16)18(8-9-19)11(2)3/h6-7,10-12,17,19H,5,8-9H2,1-4H3. The van der Waals surface area contributed by atoms with Gasteiger partial charge in [0, 0.05) is 28.8 Å². The van der Waals surface area contributed by atoms with Crippen LogP contribution in [0.2, 0.25) is 0 Å². The van der Waals surface area contributed by atoms with Crippen LogP contribution >= 0.6 is 15.9 Å². The van der Waals surface area contributed by atoms with Gasteiger partial charge < -0.3 is 15.3 Å². The largest absolute Gasteiger partial charge is 0.395 e. The van der Waals surface area contributed by atoms with Gasteiger partial charge in [-0.2, -0.15) is 0 Å². The zero-order valence-corrected chi connectivity index (χ0v) is 13.9. The molecule has 0 aromatic heterocycles. The fourth-order valence-corrected chi connectivity index (χ4v) is 2.97. The number of aliphatic hydroxyl groups is 1. The van der Waals surface area contributed by atoms with E-state index >= 15 is 0 Å². The molecular formula is C15H25BrN2O. The number of anilines is 1. The van der Waals surface area contributed by atoms with E-state index in [4.69, 9.17) is 5.11 Å². The van der Waals surface area contributed by atoms with Crippen LogP contribution in [0.15, 0.2) is 22.7 Å². The first-order chi connectivity index (χ1) is 9.01. The highest BCUT2D eigenvalue weighted by Gasteiger charge is 2.13. The van der Waals surface area contributed by atoms with E-state index in [0.717, 1.165) is 16.7 Å². The lowest BCUT2D eigenvalue weighted by Gasteiger charge is -2.29. The highest BCUT2D eigenvalue weighted by atomic mass is 79.9. The fourth-order valence-electron chi connectivity index (χ4n) is 2.26. The van der Waals surface area contributed by atoms with E-state index < -0.39 is 0 Å². The summed E-state index contributed by atoms with van der Waals surface area (Å²) in [5.74, 6) is 0. The van der Waals surface area contributed by atoms with Gasteiger partial charge in [-0.05, 0) is 45.0 Å². The average Bonchev–Trinajstić information content (AvgIpc) is 2.35. The SMILES string of the molecule is CCNC(C)c1ccc(N(CCO)C(C)C)cc1Br. The zero-order chi connectivity index (χ0) is 14.4. The number of hydrogen-bond acceptors (Lipinski definition) is 3. The molecule has 0 spiro atoms. The third kappa shape index (κ3) is 4.48. The van der Waals surface area contributed by atoms with Gasteiger partial charge in [0.2, 0.25) is 0 Å². The van der Waals surface area contributed by atoms with Crippen LogP contribution in [0, 0.1) is 0 Å². The average molecular weight is 329 g/mol. The third-order valence-electron chi connectivity index (χ3n) is 3.26. The topological polar surface area (TPSA) is 35.5 Å². The Bertz CT molecular complexity index is 396. The first-order valence-corrected chi connectivity index (χ1v) is 7.70. The summed E-state index contributed by atoms with van der Waals surface area (Å²) in [5, 5.41) is 12.6. The molecule has 0 bridgehead atoms. The second-order valence-electron chi connectivity index (χ2n) is 5.00. The maximum atomic E-state index is 9.17. The number of benzene rings is 1. The summed E-state index contributed by atoms with van der Waals surface area (Å²) in [7, 11) is 0. The van der Waals surface area contributed by atoms with Crippen molar-refractivity contribution in [3.05, 3.63) is 28.2 Å². The lowest BCUT2D eigenvalue weighted by molar-refractivity contribution is 0.299. The van der Waals surface area contributed by atoms with E-state index in [1.54, 1.807) is 0 Å². The van der Waals surface area contributed by atoms with E-state index in [9.17, 15) is 0 Å². The molecule has 1 aromatic rings. The summed E-state index contributed by atoms with van der Waals surface area (Å²) < 4.78 is 1.11. The number of nitrogens with zero attached hydrogens (tertiary/aromatic N) is 1. The second kappa shape index (κ2) is 7.88. The van der Waals surface area contributed by atoms with Crippen molar-refractivity contribution >= 4 is 21.6 Å². The van der Waals surface area contributed by atoms with Gasteiger partial charge in [-0.1, -0.05) is 28.9 Å². The predicted octanol–water partition coefficient (Wildman–Crippen LogP) is 3.33. The van der Waals surface area contributed by atoms with Crippen LogP contribution in [0.4, 0.5) is 5.69 Å². The number of hydrogen-bond donors (Lipinski definition) is 2. The fraction of sp³-hybridized carbons (Fsp3) is 0.600. The molecule has 19 heavy (non-hydrogen) atoms. The van der Waals surface area contributed by atoms with Crippen molar-refractivity contribution in [3.8, 4) is 0 Å². The maximum Gasteiger partial charge on any atom is 0.0606 e. The van der Waals surface area contributed by atoms with Gasteiger partial charge >= 0.3 is 0 Å². The summed E-state index contributed by atoms with van der Waals surface area (Å²) in [6.45, 7) is 10.3. The number of nitrogens with one attached hydrogen (secondary N) is 1. The summed E-state index contributed by atoms with van der Waals surface area (Å²) in [5.41, 5.74) is 2.40. The van der Waals surface area contributed by atoms with Crippen molar-refractivity contribution in [1.82, 2.24) is 5.32 Å². The smallest absolute Gasteiger partial charge is 0.0606 e. The minimum Gasteiger partial charge on any atom is -0.395 e. The molecule has 0 saturated carbocycles. The van der Waals surface area contributed by atoms with Gasteiger partial charge in [0.25, 0.3) is 0 Å². The van der Waals surface area contributed by atoms with Crippen molar-refractivity contribution in [2.45, 2.75) is 39.8 Å². The monoisotopic (exact) mass is 328 g/mol. The Balaban J connectivity index is 2.97. The normalized spacial score (nSPS) is 12.8. The predicted molar refractivity (Wildman–Crippen MR) is 85.8 cm³/mol. The van der Waals surface area contributed by atoms with Crippen LogP contribution in [0.1, 0.15) is 39.3 Å². The molecule has 1 rings (SSSR count). The van der Waals surface area contributed by atoms with Gasteiger partial charge in [0.15, 0.2) is 0 Å². The molecule has 0 aliphatic carbocycles. The van der Waals surface area contributed by atoms with Crippen LogP contribution < -0.4 is 10.2 Å². The molecule has 3 nitrogen and oxygen atoms in total. The van der Waals surface area contributed by atoms with Crippen LogP contribution in [0.25, 0.3) is 0 Å². The highest BCUT2D eigenvalue weighted by molar-refractivity contribution is 9.10. The third-order valence-corrected chi connectivity index (χ3v) is 3.94. The molecule has 0 amide bonds. The Kier molecular flexibility index (Phi) is 6.83. The van der Waals surface area contributed by atoms with Gasteiger partial charge in [-0.25, -0.2) is 0 Å². The zero-order valence-electron chi connectivity index (χ0n) is 12.3. The molecule has 4 heteroatoms. The van der Waals surface area contributed by atoms with E-state index in [1.165, 1.54) is 5.56 Å². The Morgan fingerprint density at radius 3 is 2.47 bits per heavy atom. The molecule has 0 saturated heterocycles. The van der Waals surface area contributed by atoms with Crippen molar-refractivity contribution in [2.24, 2.45) is 0 Å². The number of halogens is 1. The Hall–Kier alpha value is -0.580. The quantitative estimate of drug-likeness (QED) is 0.805. The molecule has 108 valence electrons. The molecular weight excluding hydrogens is 304 g/mol. The summed E-state index contributed by atoms with van der Waals surface area (Å²) >= 11 is 3.66. The molecule has 0 fully saturated rings. The Morgan fingerprint density at radius 1 is 1.32 bits per heavy atom. The van der Waals surface area contributed by atoms with Crippen LogP contribution in [-0.2, 0) is 0 Å². The molecule has 1 unspecified atom stereocenters. The summed E-state index contributed by atoms with van der Waals surface area (Å²) in [6.07, 6.45) is 0. The number of aliphatic hydroxyl groups excluding tert-OH is 1. The van der Waals surface area contributed by atoms with Gasteiger partial charge in [-0.3, -0.25) is 0 Å². The van der Waals surface area contributed by atoms with Crippen molar-refractivity contribution in [1.29, 1.82) is 0 Å². The summed E-state index contributed by atoms with van der Waals surface area (Å²) in [6, 6.07) is 7.12. The molecule has 0 aliphatic rings. The van der Waals surface area contributed by atoms with Gasteiger partial charge in [0.1, 0.15) is 0 Å². The molecule has 0 heterocycles. The first kappa shape index (κ1) is 16.5. The van der Waals surface area contributed by atoms with E-state index in [-0.39, 0.29) is 6.61 Å². The van der Waals surface area contributed by atoms with Crippen LogP contribution in [0.5, 0.6) is 0 Å².